The van der Waals surface area contributed by atoms with Gasteiger partial charge in [0.1, 0.15) is 0 Å². The predicted molar refractivity (Wildman–Crippen MR) is 112 cm³/mol. The van der Waals surface area contributed by atoms with E-state index in [1.165, 1.54) is 30.5 Å². The molecule has 2 atom stereocenters. The molecule has 12 heteroatoms. The molecule has 30 heavy (non-hydrogen) atoms. The summed E-state index contributed by atoms with van der Waals surface area (Å²) in [5.74, 6) is -0.524. The molecule has 2 aromatic carbocycles. The molecule has 0 spiro atoms. The summed E-state index contributed by atoms with van der Waals surface area (Å²) in [4.78, 5) is 14.3. The number of hydrogen-bond donors (Lipinski definition) is 0. The van der Waals surface area contributed by atoms with Gasteiger partial charge in [-0.25, -0.2) is 22.4 Å². The van der Waals surface area contributed by atoms with E-state index < -0.39 is 34.5 Å². The van der Waals surface area contributed by atoms with Crippen LogP contribution in [0.5, 0.6) is 0 Å². The Hall–Kier alpha value is -1.42. The van der Waals surface area contributed by atoms with Gasteiger partial charge in [0.25, 0.3) is 12.9 Å². The van der Waals surface area contributed by atoms with E-state index in [-0.39, 0.29) is 52.7 Å². The highest BCUT2D eigenvalue weighted by molar-refractivity contribution is 9.10. The van der Waals surface area contributed by atoms with Crippen molar-refractivity contribution in [3.05, 3.63) is 61.3 Å². The molecule has 3 rings (SSSR count). The molecule has 0 bridgehead atoms. The molecule has 0 saturated carbocycles. The average Bonchev–Trinajstić information content (AvgIpc) is 2.94. The second-order valence-electron chi connectivity index (χ2n) is 5.73. The molecule has 0 radical (unpaired) electrons. The highest BCUT2D eigenvalue weighted by atomic mass is 79.9. The van der Waals surface area contributed by atoms with Crippen LogP contribution in [0, 0.1) is 6.57 Å². The first-order valence-electron chi connectivity index (χ1n) is 7.84. The summed E-state index contributed by atoms with van der Waals surface area (Å²) < 4.78 is 74.0. The summed E-state index contributed by atoms with van der Waals surface area (Å²) in [7, 11) is -3.24. The van der Waals surface area contributed by atoms with E-state index in [0.717, 1.165) is 0 Å². The second-order valence-corrected chi connectivity index (χ2v) is 10.1. The van der Waals surface area contributed by atoms with Gasteiger partial charge >= 0.3 is 0 Å². The summed E-state index contributed by atoms with van der Waals surface area (Å²) in [5.41, 5.74) is -0.512. The van der Waals surface area contributed by atoms with Gasteiger partial charge in [0.05, 0.1) is 32.9 Å². The van der Waals surface area contributed by atoms with Gasteiger partial charge in [0.2, 0.25) is 5.69 Å². The first-order valence-corrected chi connectivity index (χ1v) is 12.3. The summed E-state index contributed by atoms with van der Waals surface area (Å²) in [6.07, 6.45) is -4.20. The molecular formula is C18H11Br2F4NO3S2. The molecule has 0 N–H and O–H groups in total. The number of ketones is 1. The van der Waals surface area contributed by atoms with Crippen LogP contribution >= 0.6 is 31.9 Å². The standard InChI is InChI=1S/C9H6BrF2NOS.C9H5BrF2O2S/c1-13-6-4-3-5(10)7(9(11)12)8(6)15(2)14;10-5-2-1-4-6(13)3-15(14)8(4)7(5)9(11)12/h3-4,9H,2H3;1-2,9H,3H2. The van der Waals surface area contributed by atoms with Gasteiger partial charge in [-0.3, -0.25) is 13.2 Å². The van der Waals surface area contributed by atoms with Crippen LogP contribution in [0.2, 0.25) is 0 Å². The third-order valence-electron chi connectivity index (χ3n) is 3.90. The van der Waals surface area contributed by atoms with Crippen LogP contribution in [0.4, 0.5) is 23.2 Å². The predicted octanol–water partition coefficient (Wildman–Crippen LogP) is 6.37. The zero-order valence-corrected chi connectivity index (χ0v) is 19.7. The van der Waals surface area contributed by atoms with Crippen LogP contribution < -0.4 is 0 Å². The zero-order chi connectivity index (χ0) is 22.7. The van der Waals surface area contributed by atoms with Crippen molar-refractivity contribution in [3.8, 4) is 0 Å². The Labute approximate surface area is 191 Å². The highest BCUT2D eigenvalue weighted by Gasteiger charge is 2.32. The van der Waals surface area contributed by atoms with E-state index in [4.69, 9.17) is 6.57 Å². The van der Waals surface area contributed by atoms with Gasteiger partial charge in [0.15, 0.2) is 5.78 Å². The second kappa shape index (κ2) is 10.3. The molecule has 160 valence electrons. The maximum absolute atomic E-state index is 12.7. The third-order valence-corrected chi connectivity index (χ3v) is 7.71. The molecule has 0 aromatic heterocycles. The van der Waals surface area contributed by atoms with Crippen molar-refractivity contribution in [2.75, 3.05) is 12.0 Å². The molecule has 0 aliphatic carbocycles. The molecule has 1 aliphatic rings. The van der Waals surface area contributed by atoms with E-state index in [1.54, 1.807) is 0 Å². The minimum atomic E-state index is -2.75. The molecule has 0 fully saturated rings. The molecule has 1 aliphatic heterocycles. The number of rotatable bonds is 3. The quantitative estimate of drug-likeness (QED) is 0.309. The van der Waals surface area contributed by atoms with E-state index >= 15 is 0 Å². The zero-order valence-electron chi connectivity index (χ0n) is 14.9. The molecule has 1 heterocycles. The fourth-order valence-corrected chi connectivity index (χ4v) is 6.27. The Morgan fingerprint density at radius 3 is 2.10 bits per heavy atom. The van der Waals surface area contributed by atoms with Gasteiger partial charge in [-0.2, -0.15) is 0 Å². The highest BCUT2D eigenvalue weighted by Crippen LogP contribution is 2.38. The molecule has 2 unspecified atom stereocenters. The molecule has 2 aromatic rings. The SMILES string of the molecule is O=C1CS(=O)c2c1ccc(Br)c2C(F)F.[C-]#[N+]c1ccc(Br)c(C(F)F)c1S(C)=O. The largest absolute Gasteiger partial charge is 0.293 e. The van der Waals surface area contributed by atoms with Crippen molar-refractivity contribution < 1.29 is 30.8 Å². The van der Waals surface area contributed by atoms with Crippen LogP contribution in [-0.2, 0) is 21.6 Å². The lowest BCUT2D eigenvalue weighted by molar-refractivity contribution is 0.102. The molecule has 4 nitrogen and oxygen atoms in total. The van der Waals surface area contributed by atoms with Crippen LogP contribution in [0.15, 0.2) is 43.0 Å². The lowest BCUT2D eigenvalue weighted by atomic mass is 10.1. The van der Waals surface area contributed by atoms with Crippen molar-refractivity contribution in [1.29, 1.82) is 0 Å². The molecular weight excluding hydrogens is 578 g/mol. The third kappa shape index (κ3) is 5.07. The van der Waals surface area contributed by atoms with Crippen molar-refractivity contribution >= 4 is 64.9 Å². The van der Waals surface area contributed by atoms with Gasteiger partial charge in [-0.05, 0) is 12.1 Å². The van der Waals surface area contributed by atoms with Crippen molar-refractivity contribution in [1.82, 2.24) is 0 Å². The maximum Gasteiger partial charge on any atom is 0.266 e. The Balaban J connectivity index is 0.000000214. The molecule has 0 amide bonds. The fraction of sp³-hybridized carbons (Fsp3) is 0.222. The number of Topliss-reactive ketones (excluding diaryl/α,β-unsaturated/α-hetero) is 1. The van der Waals surface area contributed by atoms with Crippen molar-refractivity contribution in [3.63, 3.8) is 0 Å². The number of benzene rings is 2. The summed E-state index contributed by atoms with van der Waals surface area (Å²) >= 11 is 5.93. The van der Waals surface area contributed by atoms with Crippen LogP contribution in [0.3, 0.4) is 0 Å². The number of carbonyl (C=O) groups is 1. The number of alkyl halides is 4. The summed E-state index contributed by atoms with van der Waals surface area (Å²) in [6, 6.07) is 5.56. The monoisotopic (exact) mass is 587 g/mol. The Kier molecular flexibility index (Phi) is 8.50. The van der Waals surface area contributed by atoms with Crippen molar-refractivity contribution in [2.45, 2.75) is 22.6 Å². The summed E-state index contributed by atoms with van der Waals surface area (Å²) in [6.45, 7) is 6.82. The van der Waals surface area contributed by atoms with Crippen LogP contribution in [-0.4, -0.2) is 26.2 Å². The van der Waals surface area contributed by atoms with E-state index in [0.29, 0.717) is 0 Å². The van der Waals surface area contributed by atoms with Crippen LogP contribution in [0.25, 0.3) is 4.85 Å². The smallest absolute Gasteiger partial charge is 0.266 e. The number of nitrogens with zero attached hydrogens (tertiary/aromatic N) is 1. The Bertz CT molecular complexity index is 1100. The van der Waals surface area contributed by atoms with Gasteiger partial charge in [-0.1, -0.05) is 44.0 Å². The Morgan fingerprint density at radius 1 is 1.07 bits per heavy atom. The summed E-state index contributed by atoms with van der Waals surface area (Å²) in [5, 5.41) is 0. The minimum absolute atomic E-state index is 0.00864. The average molecular weight is 589 g/mol. The Morgan fingerprint density at radius 2 is 1.60 bits per heavy atom. The van der Waals surface area contributed by atoms with E-state index in [1.807, 2.05) is 0 Å². The lowest BCUT2D eigenvalue weighted by Gasteiger charge is -2.10. The molecule has 0 saturated heterocycles. The number of fused-ring (bicyclic) bond motifs is 1. The van der Waals surface area contributed by atoms with Gasteiger partial charge in [0, 0.05) is 42.7 Å². The number of halogens is 6. The lowest BCUT2D eigenvalue weighted by Crippen LogP contribution is -1.98. The normalized spacial score (nSPS) is 16.1. The number of hydrogen-bond acceptors (Lipinski definition) is 3. The van der Waals surface area contributed by atoms with Gasteiger partial charge < -0.3 is 0 Å². The van der Waals surface area contributed by atoms with Gasteiger partial charge in [-0.15, -0.1) is 0 Å². The van der Waals surface area contributed by atoms with Crippen LogP contribution in [0.1, 0.15) is 34.3 Å². The van der Waals surface area contributed by atoms with Crippen molar-refractivity contribution in [2.24, 2.45) is 0 Å². The topological polar surface area (TPSA) is 55.6 Å². The van der Waals surface area contributed by atoms with E-state index in [2.05, 4.69) is 36.7 Å². The minimum Gasteiger partial charge on any atom is -0.293 e. The first kappa shape index (κ1) is 24.8. The van der Waals surface area contributed by atoms with E-state index in [9.17, 15) is 30.8 Å². The maximum atomic E-state index is 12.7. The first-order chi connectivity index (χ1) is 14.0. The number of carbonyl (C=O) groups excluding carboxylic acids is 1. The fourth-order valence-electron chi connectivity index (χ4n) is 2.67.